The summed E-state index contributed by atoms with van der Waals surface area (Å²) in [4.78, 5) is 26.2. The average Bonchev–Trinajstić information content (AvgIpc) is 3.50. The molecule has 10 heteroatoms. The monoisotopic (exact) mass is 655 g/mol. The third-order valence-corrected chi connectivity index (χ3v) is 8.87. The zero-order valence-corrected chi connectivity index (χ0v) is 26.3. The molecule has 1 N–H and O–H groups in total. The number of unbranched alkanes of at least 4 members (excludes halogenated alkanes) is 7. The number of thioether (sulfide) groups is 1. The zero-order chi connectivity index (χ0) is 29.2. The van der Waals surface area contributed by atoms with Gasteiger partial charge in [0, 0.05) is 30.3 Å². The van der Waals surface area contributed by atoms with Crippen molar-refractivity contribution in [1.29, 1.82) is 0 Å². The summed E-state index contributed by atoms with van der Waals surface area (Å²) >= 11 is 10.5. The van der Waals surface area contributed by atoms with Gasteiger partial charge in [-0.3, -0.25) is 14.5 Å². The zero-order valence-electron chi connectivity index (χ0n) is 23.1. The smallest absolute Gasteiger partial charge is 0.303 e. The second-order valence-corrected chi connectivity index (χ2v) is 12.4. The molecule has 4 rings (SSSR count). The molecule has 1 saturated heterocycles. The predicted octanol–water partition coefficient (Wildman–Crippen LogP) is 8.11. The highest BCUT2D eigenvalue weighted by molar-refractivity contribution is 9.10. The van der Waals surface area contributed by atoms with Crippen LogP contribution in [0.25, 0.3) is 23.0 Å². The van der Waals surface area contributed by atoms with Gasteiger partial charge in [-0.05, 0) is 65.2 Å². The van der Waals surface area contributed by atoms with E-state index in [1.165, 1.54) is 11.8 Å². The number of benzene rings is 2. The summed E-state index contributed by atoms with van der Waals surface area (Å²) in [5.41, 5.74) is 3.41. The fourth-order valence-corrected chi connectivity index (χ4v) is 6.52. The number of hydrogen-bond donors (Lipinski definition) is 1. The van der Waals surface area contributed by atoms with E-state index >= 15 is 0 Å². The second-order valence-electron chi connectivity index (χ2n) is 9.87. The summed E-state index contributed by atoms with van der Waals surface area (Å²) in [6.45, 7) is 0.613. The molecule has 0 unspecified atom stereocenters. The average molecular weight is 657 g/mol. The minimum absolute atomic E-state index is 0.0623. The van der Waals surface area contributed by atoms with Crippen molar-refractivity contribution in [1.82, 2.24) is 14.7 Å². The Morgan fingerprint density at radius 2 is 1.73 bits per heavy atom. The quantitative estimate of drug-likeness (QED) is 0.101. The Balaban J connectivity index is 1.41. The molecule has 1 aliphatic rings. The van der Waals surface area contributed by atoms with Crippen LogP contribution in [0.5, 0.6) is 5.75 Å². The number of rotatable bonds is 15. The van der Waals surface area contributed by atoms with Gasteiger partial charge in [0.05, 0.1) is 22.2 Å². The fraction of sp³-hybridized carbons (Fsp3) is 0.355. The van der Waals surface area contributed by atoms with Crippen LogP contribution < -0.4 is 4.74 Å². The Morgan fingerprint density at radius 3 is 2.39 bits per heavy atom. The van der Waals surface area contributed by atoms with Crippen molar-refractivity contribution < 1.29 is 19.4 Å². The third-order valence-electron chi connectivity index (χ3n) is 6.87. The van der Waals surface area contributed by atoms with Crippen molar-refractivity contribution in [3.63, 3.8) is 0 Å². The molecule has 0 aliphatic carbocycles. The normalized spacial score (nSPS) is 14.3. The standard InChI is InChI=1S/C31H34BrN3O4S2/c1-39-26-17-16-22(19-25(26)32)29-23(21-35(33-29)24-13-9-8-10-14-24)20-27-30(38)34(31(40)41-27)18-12-7-5-3-2-4-6-11-15-28(36)37/h8-10,13-14,16-17,19-21H,2-7,11-12,15,18H2,1H3,(H,36,37)/b27-20-. The minimum atomic E-state index is -0.719. The number of halogens is 1. The number of hydrogen-bond acceptors (Lipinski definition) is 6. The molecule has 1 fully saturated rings. The Morgan fingerprint density at radius 1 is 1.05 bits per heavy atom. The summed E-state index contributed by atoms with van der Waals surface area (Å²) in [5, 5.41) is 13.6. The Hall–Kier alpha value is -2.95. The van der Waals surface area contributed by atoms with E-state index in [4.69, 9.17) is 27.2 Å². The fourth-order valence-electron chi connectivity index (χ4n) is 4.68. The minimum Gasteiger partial charge on any atom is -0.496 e. The molecule has 0 radical (unpaired) electrons. The maximum atomic E-state index is 13.4. The Labute approximate surface area is 259 Å². The van der Waals surface area contributed by atoms with Crippen molar-refractivity contribution in [2.45, 2.75) is 57.8 Å². The number of para-hydroxylation sites is 1. The number of thiocarbonyl (C=S) groups is 1. The van der Waals surface area contributed by atoms with E-state index in [1.54, 1.807) is 12.0 Å². The number of methoxy groups -OCH3 is 1. The SMILES string of the molecule is COc1ccc(-c2nn(-c3ccccc3)cc2/C=C2\SC(=S)N(CCCCCCCCCCC(=O)O)C2=O)cc1Br. The molecular formula is C31H34BrN3O4S2. The highest BCUT2D eigenvalue weighted by atomic mass is 79.9. The molecular weight excluding hydrogens is 622 g/mol. The summed E-state index contributed by atoms with van der Waals surface area (Å²) < 4.78 is 8.63. The molecule has 0 spiro atoms. The second kappa shape index (κ2) is 15.3. The van der Waals surface area contributed by atoms with E-state index in [1.807, 2.05) is 65.5 Å². The molecule has 216 valence electrons. The van der Waals surface area contributed by atoms with Gasteiger partial charge in [0.15, 0.2) is 0 Å². The molecule has 1 aliphatic heterocycles. The van der Waals surface area contributed by atoms with Gasteiger partial charge in [-0.15, -0.1) is 0 Å². The van der Waals surface area contributed by atoms with Crippen LogP contribution in [0.1, 0.15) is 63.4 Å². The van der Waals surface area contributed by atoms with Gasteiger partial charge < -0.3 is 9.84 Å². The Kier molecular flexibility index (Phi) is 11.6. The lowest BCUT2D eigenvalue weighted by atomic mass is 10.1. The van der Waals surface area contributed by atoms with Gasteiger partial charge in [-0.1, -0.05) is 80.7 Å². The van der Waals surface area contributed by atoms with Crippen LogP contribution in [0.2, 0.25) is 0 Å². The van der Waals surface area contributed by atoms with E-state index in [0.717, 1.165) is 84.1 Å². The number of amides is 1. The van der Waals surface area contributed by atoms with Gasteiger partial charge in [0.25, 0.3) is 5.91 Å². The number of carbonyl (C=O) groups is 2. The van der Waals surface area contributed by atoms with Gasteiger partial charge in [-0.2, -0.15) is 5.10 Å². The number of aliphatic carboxylic acids is 1. The number of carboxylic acids is 1. The molecule has 0 bridgehead atoms. The molecule has 2 aromatic carbocycles. The maximum absolute atomic E-state index is 13.4. The van der Waals surface area contributed by atoms with E-state index in [2.05, 4.69) is 15.9 Å². The van der Waals surface area contributed by atoms with Crippen LogP contribution in [0.4, 0.5) is 0 Å². The van der Waals surface area contributed by atoms with Crippen molar-refractivity contribution in [3.8, 4) is 22.7 Å². The lowest BCUT2D eigenvalue weighted by Crippen LogP contribution is -2.29. The summed E-state index contributed by atoms with van der Waals surface area (Å²) in [7, 11) is 1.63. The van der Waals surface area contributed by atoms with E-state index in [-0.39, 0.29) is 12.3 Å². The maximum Gasteiger partial charge on any atom is 0.303 e. The number of carboxylic acid groups (broad SMARTS) is 1. The van der Waals surface area contributed by atoms with Crippen molar-refractivity contribution in [3.05, 3.63) is 69.7 Å². The van der Waals surface area contributed by atoms with Crippen LogP contribution in [0.15, 0.2) is 64.1 Å². The van der Waals surface area contributed by atoms with Gasteiger partial charge in [0.1, 0.15) is 15.8 Å². The lowest BCUT2D eigenvalue weighted by molar-refractivity contribution is -0.137. The molecule has 41 heavy (non-hydrogen) atoms. The van der Waals surface area contributed by atoms with E-state index < -0.39 is 5.97 Å². The molecule has 3 aromatic rings. The van der Waals surface area contributed by atoms with Crippen LogP contribution in [-0.4, -0.2) is 49.6 Å². The number of carbonyl (C=O) groups excluding carboxylic acids is 1. The van der Waals surface area contributed by atoms with Gasteiger partial charge in [0.2, 0.25) is 0 Å². The molecule has 1 aromatic heterocycles. The molecule has 2 heterocycles. The highest BCUT2D eigenvalue weighted by Gasteiger charge is 2.32. The summed E-state index contributed by atoms with van der Waals surface area (Å²) in [5.74, 6) is -0.0501. The first-order chi connectivity index (χ1) is 19.9. The topological polar surface area (TPSA) is 84.7 Å². The highest BCUT2D eigenvalue weighted by Crippen LogP contribution is 2.36. The van der Waals surface area contributed by atoms with Crippen LogP contribution in [-0.2, 0) is 9.59 Å². The van der Waals surface area contributed by atoms with Crippen LogP contribution in [0.3, 0.4) is 0 Å². The van der Waals surface area contributed by atoms with E-state index in [9.17, 15) is 9.59 Å². The first-order valence-corrected chi connectivity index (χ1v) is 15.9. The number of aromatic nitrogens is 2. The van der Waals surface area contributed by atoms with Crippen molar-refractivity contribution in [2.75, 3.05) is 13.7 Å². The first kappa shape index (κ1) is 31.0. The van der Waals surface area contributed by atoms with Crippen LogP contribution in [0, 0.1) is 0 Å². The van der Waals surface area contributed by atoms with Crippen molar-refractivity contribution in [2.24, 2.45) is 0 Å². The number of nitrogens with zero attached hydrogens (tertiary/aromatic N) is 3. The lowest BCUT2D eigenvalue weighted by Gasteiger charge is -2.14. The summed E-state index contributed by atoms with van der Waals surface area (Å²) in [6.07, 6.45) is 12.2. The molecule has 7 nitrogen and oxygen atoms in total. The molecule has 0 saturated carbocycles. The first-order valence-electron chi connectivity index (χ1n) is 13.8. The molecule has 1 amide bonds. The predicted molar refractivity (Wildman–Crippen MR) is 172 cm³/mol. The Bertz CT molecular complexity index is 1410. The van der Waals surface area contributed by atoms with E-state index in [0.29, 0.717) is 15.8 Å². The van der Waals surface area contributed by atoms with Gasteiger partial charge in [-0.25, -0.2) is 4.68 Å². The van der Waals surface area contributed by atoms with Crippen molar-refractivity contribution >= 4 is 62.2 Å². The molecule has 0 atom stereocenters. The third kappa shape index (κ3) is 8.53. The number of ether oxygens (including phenoxy) is 1. The van der Waals surface area contributed by atoms with Gasteiger partial charge >= 0.3 is 5.97 Å². The van der Waals surface area contributed by atoms with Crippen LogP contribution >= 0.6 is 39.9 Å². The summed E-state index contributed by atoms with van der Waals surface area (Å²) in [6, 6.07) is 15.7. The largest absolute Gasteiger partial charge is 0.496 e.